The maximum atomic E-state index is 11.9. The highest BCUT2D eigenvalue weighted by Gasteiger charge is 2.16. The van der Waals surface area contributed by atoms with Crippen LogP contribution in [0, 0.1) is 0 Å². The lowest BCUT2D eigenvalue weighted by atomic mass is 10.3. The zero-order chi connectivity index (χ0) is 20.1. The Morgan fingerprint density at radius 3 is 2.66 bits per heavy atom. The van der Waals surface area contributed by atoms with Gasteiger partial charge in [0.25, 0.3) is 0 Å². The van der Waals surface area contributed by atoms with E-state index in [2.05, 4.69) is 26.6 Å². The lowest BCUT2D eigenvalue weighted by Crippen LogP contribution is -2.24. The topological polar surface area (TPSA) is 72.7 Å². The molecule has 0 saturated heterocycles. The minimum Gasteiger partial charge on any atom is -0.356 e. The fourth-order valence-corrected chi connectivity index (χ4v) is 5.52. The number of aromatic nitrogens is 4. The number of carbonyl (C=O) groups excluding carboxylic acids is 1. The van der Waals surface area contributed by atoms with Gasteiger partial charge in [-0.15, -0.1) is 21.5 Å². The number of nitrogens with one attached hydrogen (secondary N) is 1. The lowest BCUT2D eigenvalue weighted by Gasteiger charge is -2.09. The van der Waals surface area contributed by atoms with E-state index < -0.39 is 0 Å². The Kier molecular flexibility index (Phi) is 6.48. The second kappa shape index (κ2) is 9.43. The van der Waals surface area contributed by atoms with Crippen molar-refractivity contribution in [3.8, 4) is 5.69 Å². The molecule has 0 radical (unpaired) electrons. The molecule has 29 heavy (non-hydrogen) atoms. The molecule has 0 aliphatic heterocycles. The number of para-hydroxylation sites is 2. The molecule has 2 heterocycles. The van der Waals surface area contributed by atoms with Gasteiger partial charge in [-0.3, -0.25) is 9.36 Å². The average molecular weight is 442 g/mol. The summed E-state index contributed by atoms with van der Waals surface area (Å²) >= 11 is 4.72. The minimum atomic E-state index is -0.00878. The van der Waals surface area contributed by atoms with Crippen molar-refractivity contribution in [1.82, 2.24) is 25.1 Å². The third kappa shape index (κ3) is 4.80. The van der Waals surface area contributed by atoms with Crippen molar-refractivity contribution < 1.29 is 4.79 Å². The van der Waals surface area contributed by atoms with Gasteiger partial charge in [0.05, 0.1) is 21.7 Å². The standard InChI is InChI=1S/C20H19N5OS3/c1-2-21-18(26)13-27-19-24-23-17(25(19)14-8-4-3-5-9-14)12-28-20-22-15-10-6-7-11-16(15)29-20/h3-11H,2,12-13H2,1H3,(H,21,26). The molecule has 2 aromatic heterocycles. The molecule has 2 aromatic carbocycles. The Morgan fingerprint density at radius 1 is 1.07 bits per heavy atom. The van der Waals surface area contributed by atoms with E-state index in [1.54, 1.807) is 23.1 Å². The van der Waals surface area contributed by atoms with Crippen LogP contribution in [0.25, 0.3) is 15.9 Å². The highest BCUT2D eigenvalue weighted by Crippen LogP contribution is 2.32. The predicted octanol–water partition coefficient (Wildman–Crippen LogP) is 4.40. The van der Waals surface area contributed by atoms with E-state index >= 15 is 0 Å². The van der Waals surface area contributed by atoms with Crippen molar-refractivity contribution in [2.75, 3.05) is 12.3 Å². The summed E-state index contributed by atoms with van der Waals surface area (Å²) in [5.41, 5.74) is 2.00. The van der Waals surface area contributed by atoms with E-state index in [1.165, 1.54) is 16.5 Å². The van der Waals surface area contributed by atoms with Crippen LogP contribution in [0.4, 0.5) is 0 Å². The third-order valence-electron chi connectivity index (χ3n) is 4.02. The van der Waals surface area contributed by atoms with Crippen LogP contribution < -0.4 is 5.32 Å². The van der Waals surface area contributed by atoms with Gasteiger partial charge in [-0.1, -0.05) is 53.9 Å². The number of amides is 1. The van der Waals surface area contributed by atoms with Crippen LogP contribution in [-0.2, 0) is 10.5 Å². The number of rotatable bonds is 8. The Morgan fingerprint density at radius 2 is 1.86 bits per heavy atom. The minimum absolute atomic E-state index is 0.00878. The second-order valence-corrected chi connectivity index (χ2v) is 9.24. The first-order chi connectivity index (χ1) is 14.2. The van der Waals surface area contributed by atoms with E-state index in [4.69, 9.17) is 0 Å². The smallest absolute Gasteiger partial charge is 0.230 e. The summed E-state index contributed by atoms with van der Waals surface area (Å²) in [5, 5.41) is 12.3. The Labute approximate surface area is 181 Å². The molecule has 0 atom stereocenters. The number of hydrogen-bond donors (Lipinski definition) is 1. The zero-order valence-corrected chi connectivity index (χ0v) is 18.2. The molecule has 1 amide bonds. The summed E-state index contributed by atoms with van der Waals surface area (Å²) in [6.07, 6.45) is 0. The van der Waals surface area contributed by atoms with Crippen molar-refractivity contribution in [3.05, 3.63) is 60.4 Å². The summed E-state index contributed by atoms with van der Waals surface area (Å²) in [6.45, 7) is 2.53. The first-order valence-electron chi connectivity index (χ1n) is 9.12. The van der Waals surface area contributed by atoms with Crippen LogP contribution in [0.5, 0.6) is 0 Å². The number of thioether (sulfide) groups is 2. The lowest BCUT2D eigenvalue weighted by molar-refractivity contribution is -0.118. The quantitative estimate of drug-likeness (QED) is 0.409. The van der Waals surface area contributed by atoms with Gasteiger partial charge in [0.2, 0.25) is 5.91 Å². The van der Waals surface area contributed by atoms with E-state index in [-0.39, 0.29) is 5.91 Å². The van der Waals surface area contributed by atoms with Crippen molar-refractivity contribution in [2.45, 2.75) is 22.2 Å². The van der Waals surface area contributed by atoms with E-state index in [0.29, 0.717) is 23.2 Å². The first kappa shape index (κ1) is 19.9. The predicted molar refractivity (Wildman–Crippen MR) is 120 cm³/mol. The van der Waals surface area contributed by atoms with Gasteiger partial charge < -0.3 is 5.32 Å². The molecule has 0 unspecified atom stereocenters. The fraction of sp³-hybridized carbons (Fsp3) is 0.200. The fourth-order valence-electron chi connectivity index (χ4n) is 2.74. The monoisotopic (exact) mass is 441 g/mol. The zero-order valence-electron chi connectivity index (χ0n) is 15.7. The van der Waals surface area contributed by atoms with Crippen LogP contribution in [0.2, 0.25) is 0 Å². The van der Waals surface area contributed by atoms with Gasteiger partial charge in [-0.25, -0.2) is 4.98 Å². The second-order valence-electron chi connectivity index (χ2n) is 6.05. The summed E-state index contributed by atoms with van der Waals surface area (Å²) in [5.74, 6) is 1.78. The van der Waals surface area contributed by atoms with Crippen molar-refractivity contribution in [2.24, 2.45) is 0 Å². The van der Waals surface area contributed by atoms with Crippen LogP contribution in [0.3, 0.4) is 0 Å². The van der Waals surface area contributed by atoms with E-state index in [9.17, 15) is 4.79 Å². The molecule has 0 saturated carbocycles. The van der Waals surface area contributed by atoms with Crippen LogP contribution in [0.15, 0.2) is 64.1 Å². The van der Waals surface area contributed by atoms with Gasteiger partial charge in [0.15, 0.2) is 9.50 Å². The number of carbonyl (C=O) groups is 1. The number of fused-ring (bicyclic) bond motifs is 1. The molecule has 4 rings (SSSR count). The van der Waals surface area contributed by atoms with Crippen molar-refractivity contribution >= 4 is 51.0 Å². The molecule has 4 aromatic rings. The summed E-state index contributed by atoms with van der Waals surface area (Å²) < 4.78 is 4.20. The van der Waals surface area contributed by atoms with Gasteiger partial charge in [-0.05, 0) is 31.2 Å². The molecule has 6 nitrogen and oxygen atoms in total. The van der Waals surface area contributed by atoms with Crippen LogP contribution in [-0.4, -0.2) is 38.0 Å². The molecule has 0 aliphatic carbocycles. The first-order valence-corrected chi connectivity index (χ1v) is 11.9. The number of benzene rings is 2. The highest BCUT2D eigenvalue weighted by atomic mass is 32.2. The third-order valence-corrected chi connectivity index (χ3v) is 7.12. The van der Waals surface area contributed by atoms with Gasteiger partial charge in [-0.2, -0.15) is 0 Å². The molecule has 1 N–H and O–H groups in total. The van der Waals surface area contributed by atoms with Gasteiger partial charge in [0.1, 0.15) is 5.82 Å². The summed E-state index contributed by atoms with van der Waals surface area (Å²) in [6, 6.07) is 18.1. The molecular formula is C20H19N5OS3. The maximum Gasteiger partial charge on any atom is 0.230 e. The molecule has 0 bridgehead atoms. The molecule has 0 fully saturated rings. The molecular weight excluding hydrogens is 422 g/mol. The average Bonchev–Trinajstić information content (AvgIpc) is 3.35. The molecule has 0 aliphatic rings. The summed E-state index contributed by atoms with van der Waals surface area (Å²) in [4.78, 5) is 16.5. The Hall–Kier alpha value is -2.36. The van der Waals surface area contributed by atoms with E-state index in [0.717, 1.165) is 21.4 Å². The summed E-state index contributed by atoms with van der Waals surface area (Å²) in [7, 11) is 0. The van der Waals surface area contributed by atoms with Crippen molar-refractivity contribution in [3.63, 3.8) is 0 Å². The number of nitrogens with zero attached hydrogens (tertiary/aromatic N) is 4. The number of thiazole rings is 1. The van der Waals surface area contributed by atoms with E-state index in [1.807, 2.05) is 60.0 Å². The highest BCUT2D eigenvalue weighted by molar-refractivity contribution is 8.00. The number of hydrogen-bond acceptors (Lipinski definition) is 7. The van der Waals surface area contributed by atoms with Gasteiger partial charge in [0, 0.05) is 12.2 Å². The normalized spacial score (nSPS) is 11.1. The molecule has 148 valence electrons. The van der Waals surface area contributed by atoms with Gasteiger partial charge >= 0.3 is 0 Å². The largest absolute Gasteiger partial charge is 0.356 e. The maximum absolute atomic E-state index is 11.9. The SMILES string of the molecule is CCNC(=O)CSc1nnc(CSc2nc3ccccc3s2)n1-c1ccccc1. The molecule has 9 heteroatoms. The van der Waals surface area contributed by atoms with Crippen LogP contribution >= 0.6 is 34.9 Å². The molecule has 0 spiro atoms. The Bertz CT molecular complexity index is 1080. The van der Waals surface area contributed by atoms with Crippen LogP contribution in [0.1, 0.15) is 12.7 Å². The Balaban J connectivity index is 1.56. The van der Waals surface area contributed by atoms with Crippen molar-refractivity contribution in [1.29, 1.82) is 0 Å².